The number of halogens is 2. The van der Waals surface area contributed by atoms with Crippen molar-refractivity contribution in [2.24, 2.45) is 0 Å². The van der Waals surface area contributed by atoms with Crippen LogP contribution in [0.25, 0.3) is 43.8 Å². The van der Waals surface area contributed by atoms with E-state index < -0.39 is 0 Å². The van der Waals surface area contributed by atoms with Crippen molar-refractivity contribution >= 4 is 64.5 Å². The third-order valence-electron chi connectivity index (χ3n) is 4.86. The normalized spacial score (nSPS) is 11.7. The van der Waals surface area contributed by atoms with Crippen LogP contribution in [0.2, 0.25) is 0 Å². The molecule has 0 aliphatic rings. The molecule has 4 nitrogen and oxygen atoms in total. The molecule has 2 N–H and O–H groups in total. The Balaban J connectivity index is 1.98. The summed E-state index contributed by atoms with van der Waals surface area (Å²) >= 11 is 7.08. The molecule has 0 atom stereocenters. The summed E-state index contributed by atoms with van der Waals surface area (Å²) in [7, 11) is 0. The van der Waals surface area contributed by atoms with Crippen LogP contribution in [0.5, 0.6) is 5.75 Å². The lowest BCUT2D eigenvalue weighted by atomic mass is 9.92. The monoisotopic (exact) mass is 497 g/mol. The summed E-state index contributed by atoms with van der Waals surface area (Å²) in [4.78, 5) is 4.40. The van der Waals surface area contributed by atoms with E-state index in [1.807, 2.05) is 48.5 Å². The Bertz CT molecular complexity index is 1390. The molecular formula is C22H13Br2NO3. The highest BCUT2D eigenvalue weighted by atomic mass is 79.9. The summed E-state index contributed by atoms with van der Waals surface area (Å²) in [5, 5.41) is 24.0. The fourth-order valence-corrected chi connectivity index (χ4v) is 4.38. The number of rotatable bonds is 2. The molecule has 0 aliphatic heterocycles. The average molecular weight is 499 g/mol. The third kappa shape index (κ3) is 2.71. The fraction of sp³-hybridized carbons (Fsp3) is 0.0455. The maximum Gasteiger partial charge on any atom is 0.221 e. The van der Waals surface area contributed by atoms with E-state index >= 15 is 0 Å². The number of aromatic nitrogens is 1. The number of benzene rings is 4. The highest BCUT2D eigenvalue weighted by molar-refractivity contribution is 9.10. The SMILES string of the molecule is OCc1nc2cc(-c3c(O)ccc4ccc(Br)cc34)c3cc(Br)ccc3c2o1. The molecule has 138 valence electrons. The predicted molar refractivity (Wildman–Crippen MR) is 117 cm³/mol. The van der Waals surface area contributed by atoms with E-state index in [9.17, 15) is 10.2 Å². The molecule has 4 aromatic carbocycles. The molecule has 5 rings (SSSR count). The minimum atomic E-state index is -0.269. The van der Waals surface area contributed by atoms with Crippen molar-refractivity contribution in [3.63, 3.8) is 0 Å². The molecular weight excluding hydrogens is 486 g/mol. The second-order valence-electron chi connectivity index (χ2n) is 6.55. The zero-order valence-electron chi connectivity index (χ0n) is 14.4. The molecule has 0 unspecified atom stereocenters. The standard InChI is InChI=1S/C22H13Br2NO3/c23-12-3-1-11-2-6-19(27)21(15(11)7-12)17-9-18-22(28-20(10-26)25-18)14-5-4-13(24)8-16(14)17/h1-9,26-27H,10H2. The first-order valence-electron chi connectivity index (χ1n) is 8.59. The number of oxazole rings is 1. The maximum absolute atomic E-state index is 10.8. The van der Waals surface area contributed by atoms with Gasteiger partial charge in [0.05, 0.1) is 0 Å². The van der Waals surface area contributed by atoms with Gasteiger partial charge in [-0.2, -0.15) is 0 Å². The summed E-state index contributed by atoms with van der Waals surface area (Å²) < 4.78 is 7.60. The van der Waals surface area contributed by atoms with Crippen molar-refractivity contribution in [1.29, 1.82) is 0 Å². The van der Waals surface area contributed by atoms with Crippen LogP contribution in [-0.2, 0) is 6.61 Å². The molecule has 0 fully saturated rings. The zero-order valence-corrected chi connectivity index (χ0v) is 17.6. The summed E-state index contributed by atoms with van der Waals surface area (Å²) in [5.74, 6) is 0.457. The van der Waals surface area contributed by atoms with E-state index in [1.54, 1.807) is 6.07 Å². The van der Waals surface area contributed by atoms with Crippen LogP contribution >= 0.6 is 31.9 Å². The fourth-order valence-electron chi connectivity index (χ4n) is 3.66. The average Bonchev–Trinajstić information content (AvgIpc) is 3.10. The third-order valence-corrected chi connectivity index (χ3v) is 5.85. The Morgan fingerprint density at radius 2 is 1.57 bits per heavy atom. The van der Waals surface area contributed by atoms with Gasteiger partial charge in [0.2, 0.25) is 5.89 Å². The number of aromatic hydroxyl groups is 1. The molecule has 0 saturated heterocycles. The molecule has 0 amide bonds. The molecule has 0 radical (unpaired) electrons. The molecule has 28 heavy (non-hydrogen) atoms. The minimum absolute atomic E-state index is 0.192. The van der Waals surface area contributed by atoms with Gasteiger partial charge in [-0.3, -0.25) is 0 Å². The van der Waals surface area contributed by atoms with E-state index in [2.05, 4.69) is 36.8 Å². The molecule has 0 aliphatic carbocycles. The largest absolute Gasteiger partial charge is 0.507 e. The van der Waals surface area contributed by atoms with Gasteiger partial charge in [0.1, 0.15) is 17.9 Å². The number of hydrogen-bond donors (Lipinski definition) is 2. The van der Waals surface area contributed by atoms with E-state index in [0.29, 0.717) is 11.1 Å². The number of nitrogens with zero attached hydrogens (tertiary/aromatic N) is 1. The Morgan fingerprint density at radius 3 is 2.36 bits per heavy atom. The second-order valence-corrected chi connectivity index (χ2v) is 8.38. The van der Waals surface area contributed by atoms with Crippen molar-refractivity contribution in [3.8, 4) is 16.9 Å². The molecule has 0 spiro atoms. The first kappa shape index (κ1) is 17.7. The van der Waals surface area contributed by atoms with Gasteiger partial charge in [-0.1, -0.05) is 44.0 Å². The Kier molecular flexibility index (Phi) is 4.16. The van der Waals surface area contributed by atoms with Crippen molar-refractivity contribution < 1.29 is 14.6 Å². The van der Waals surface area contributed by atoms with Gasteiger partial charge in [0, 0.05) is 19.9 Å². The lowest BCUT2D eigenvalue weighted by molar-refractivity contribution is 0.244. The van der Waals surface area contributed by atoms with E-state index in [1.165, 1.54) is 0 Å². The van der Waals surface area contributed by atoms with Gasteiger partial charge in [-0.15, -0.1) is 0 Å². The summed E-state index contributed by atoms with van der Waals surface area (Å²) in [5.41, 5.74) is 2.84. The van der Waals surface area contributed by atoms with Crippen LogP contribution in [0.3, 0.4) is 0 Å². The van der Waals surface area contributed by atoms with E-state index in [-0.39, 0.29) is 18.2 Å². The van der Waals surface area contributed by atoms with Crippen LogP contribution in [0.1, 0.15) is 5.89 Å². The van der Waals surface area contributed by atoms with Gasteiger partial charge in [-0.05, 0) is 64.2 Å². The lowest BCUT2D eigenvalue weighted by Gasteiger charge is -2.13. The molecule has 6 heteroatoms. The predicted octanol–water partition coefficient (Wildman–Crippen LogP) is 6.52. The van der Waals surface area contributed by atoms with Gasteiger partial charge in [0.15, 0.2) is 5.58 Å². The van der Waals surface area contributed by atoms with Crippen molar-refractivity contribution in [3.05, 3.63) is 69.4 Å². The first-order valence-corrected chi connectivity index (χ1v) is 10.2. The second kappa shape index (κ2) is 6.58. The number of aliphatic hydroxyl groups is 1. The van der Waals surface area contributed by atoms with Gasteiger partial charge >= 0.3 is 0 Å². The van der Waals surface area contributed by atoms with E-state index in [0.717, 1.165) is 41.6 Å². The minimum Gasteiger partial charge on any atom is -0.507 e. The Labute approximate surface area is 176 Å². The van der Waals surface area contributed by atoms with Crippen LogP contribution in [-0.4, -0.2) is 15.2 Å². The van der Waals surface area contributed by atoms with Crippen LogP contribution in [0.4, 0.5) is 0 Å². The van der Waals surface area contributed by atoms with Crippen LogP contribution in [0, 0.1) is 0 Å². The number of aliphatic hydroxyl groups excluding tert-OH is 1. The lowest BCUT2D eigenvalue weighted by Crippen LogP contribution is -1.87. The highest BCUT2D eigenvalue weighted by Gasteiger charge is 2.18. The smallest absolute Gasteiger partial charge is 0.221 e. The number of phenolic OH excluding ortho intramolecular Hbond substituents is 1. The van der Waals surface area contributed by atoms with Gasteiger partial charge in [-0.25, -0.2) is 4.98 Å². The maximum atomic E-state index is 10.8. The van der Waals surface area contributed by atoms with Crippen molar-refractivity contribution in [2.75, 3.05) is 0 Å². The highest BCUT2D eigenvalue weighted by Crippen LogP contribution is 2.43. The topological polar surface area (TPSA) is 66.5 Å². The molecule has 1 heterocycles. The first-order chi connectivity index (χ1) is 13.5. The van der Waals surface area contributed by atoms with Gasteiger partial charge < -0.3 is 14.6 Å². The summed E-state index contributed by atoms with van der Waals surface area (Å²) in [6.45, 7) is -0.269. The summed E-state index contributed by atoms with van der Waals surface area (Å²) in [6, 6.07) is 17.4. The molecule has 1 aromatic heterocycles. The van der Waals surface area contributed by atoms with Gasteiger partial charge in [0.25, 0.3) is 0 Å². The van der Waals surface area contributed by atoms with Crippen LogP contribution in [0.15, 0.2) is 68.0 Å². The molecule has 0 bridgehead atoms. The molecule has 0 saturated carbocycles. The Morgan fingerprint density at radius 1 is 0.857 bits per heavy atom. The van der Waals surface area contributed by atoms with Crippen LogP contribution < -0.4 is 0 Å². The number of phenols is 1. The number of fused-ring (bicyclic) bond motifs is 4. The van der Waals surface area contributed by atoms with Crippen molar-refractivity contribution in [2.45, 2.75) is 6.61 Å². The Hall–Kier alpha value is -2.41. The number of hydrogen-bond acceptors (Lipinski definition) is 4. The summed E-state index contributed by atoms with van der Waals surface area (Å²) in [6.07, 6.45) is 0. The van der Waals surface area contributed by atoms with Crippen molar-refractivity contribution in [1.82, 2.24) is 4.98 Å². The quantitative estimate of drug-likeness (QED) is 0.290. The molecule has 5 aromatic rings. The zero-order chi connectivity index (χ0) is 19.4. The van der Waals surface area contributed by atoms with E-state index in [4.69, 9.17) is 4.42 Å².